The van der Waals surface area contributed by atoms with Gasteiger partial charge in [0, 0.05) is 28.4 Å². The highest BCUT2D eigenvalue weighted by Gasteiger charge is 2.05. The molecule has 94 valence electrons. The molecule has 0 amide bonds. The third kappa shape index (κ3) is 2.61. The summed E-state index contributed by atoms with van der Waals surface area (Å²) in [6, 6.07) is 14.4. The molecule has 3 heteroatoms. The highest BCUT2D eigenvalue weighted by Crippen LogP contribution is 2.29. The van der Waals surface area contributed by atoms with Gasteiger partial charge in [-0.2, -0.15) is 0 Å². The third-order valence-electron chi connectivity index (χ3n) is 3.05. The summed E-state index contributed by atoms with van der Waals surface area (Å²) in [5.74, 6) is 0.871. The van der Waals surface area contributed by atoms with Crippen LogP contribution in [0, 0.1) is 6.92 Å². The molecule has 0 aliphatic heterocycles. The molecule has 19 heavy (non-hydrogen) atoms. The first-order valence-electron chi connectivity index (χ1n) is 6.21. The van der Waals surface area contributed by atoms with Crippen molar-refractivity contribution in [3.63, 3.8) is 0 Å². The normalized spacial score (nSPS) is 10.8. The summed E-state index contributed by atoms with van der Waals surface area (Å²) in [6.45, 7) is 2.12. The van der Waals surface area contributed by atoms with Crippen LogP contribution in [0.5, 0.6) is 0 Å². The van der Waals surface area contributed by atoms with E-state index in [1.165, 1.54) is 15.8 Å². The van der Waals surface area contributed by atoms with Gasteiger partial charge in [-0.15, -0.1) is 11.8 Å². The zero-order chi connectivity index (χ0) is 13.1. The van der Waals surface area contributed by atoms with E-state index >= 15 is 0 Å². The van der Waals surface area contributed by atoms with Gasteiger partial charge in [-0.05, 0) is 36.8 Å². The first kappa shape index (κ1) is 12.2. The summed E-state index contributed by atoms with van der Waals surface area (Å²) in [6.07, 6.45) is 3.71. The van der Waals surface area contributed by atoms with Crippen LogP contribution in [0.2, 0.25) is 0 Å². The fourth-order valence-electron chi connectivity index (χ4n) is 2.04. The summed E-state index contributed by atoms with van der Waals surface area (Å²) >= 11 is 1.79. The van der Waals surface area contributed by atoms with Gasteiger partial charge < -0.3 is 0 Å². The molecule has 0 saturated heterocycles. The Morgan fingerprint density at radius 3 is 2.74 bits per heavy atom. The minimum absolute atomic E-state index is 0.871. The van der Waals surface area contributed by atoms with E-state index in [1.807, 2.05) is 24.5 Å². The fraction of sp³-hybridized carbons (Fsp3) is 0.125. The Balaban J connectivity index is 1.91. The van der Waals surface area contributed by atoms with Gasteiger partial charge >= 0.3 is 0 Å². The first-order valence-corrected chi connectivity index (χ1v) is 7.20. The van der Waals surface area contributed by atoms with Crippen LogP contribution in [0.25, 0.3) is 10.9 Å². The molecule has 3 rings (SSSR count). The molecule has 0 bridgehead atoms. The second kappa shape index (κ2) is 5.41. The predicted molar refractivity (Wildman–Crippen MR) is 80.3 cm³/mol. The molecular weight excluding hydrogens is 252 g/mol. The van der Waals surface area contributed by atoms with Crippen molar-refractivity contribution in [3.05, 3.63) is 66.1 Å². The number of benzene rings is 1. The second-order valence-corrected chi connectivity index (χ2v) is 5.41. The smallest absolute Gasteiger partial charge is 0.0840 e. The van der Waals surface area contributed by atoms with Gasteiger partial charge in [0.2, 0.25) is 0 Å². The Morgan fingerprint density at radius 2 is 1.89 bits per heavy atom. The van der Waals surface area contributed by atoms with Crippen molar-refractivity contribution < 1.29 is 0 Å². The Morgan fingerprint density at radius 1 is 0.947 bits per heavy atom. The van der Waals surface area contributed by atoms with E-state index < -0.39 is 0 Å². The summed E-state index contributed by atoms with van der Waals surface area (Å²) in [5, 5.41) is 1.23. The van der Waals surface area contributed by atoms with Gasteiger partial charge in [0.05, 0.1) is 11.2 Å². The van der Waals surface area contributed by atoms with E-state index in [0.29, 0.717) is 0 Å². The molecule has 0 N–H and O–H groups in total. The van der Waals surface area contributed by atoms with Crippen molar-refractivity contribution in [2.75, 3.05) is 0 Å². The number of thioether (sulfide) groups is 1. The third-order valence-corrected chi connectivity index (χ3v) is 4.13. The molecule has 0 aliphatic rings. The zero-order valence-corrected chi connectivity index (χ0v) is 11.5. The lowest BCUT2D eigenvalue weighted by atomic mass is 10.1. The maximum atomic E-state index is 4.51. The molecule has 0 atom stereocenters. The summed E-state index contributed by atoms with van der Waals surface area (Å²) in [5.41, 5.74) is 3.45. The van der Waals surface area contributed by atoms with Crippen LogP contribution in [0.4, 0.5) is 0 Å². The number of hydrogen-bond donors (Lipinski definition) is 0. The van der Waals surface area contributed by atoms with Crippen LogP contribution in [-0.4, -0.2) is 9.97 Å². The SMILES string of the molecule is Cc1ccnc2c(SCc3ccccn3)cccc12. The quantitative estimate of drug-likeness (QED) is 0.663. The van der Waals surface area contributed by atoms with Crippen LogP contribution < -0.4 is 0 Å². The monoisotopic (exact) mass is 266 g/mol. The number of aromatic nitrogens is 2. The van der Waals surface area contributed by atoms with Crippen LogP contribution in [0.1, 0.15) is 11.3 Å². The molecule has 0 fully saturated rings. The molecule has 2 aromatic heterocycles. The Kier molecular flexibility index (Phi) is 3.47. The van der Waals surface area contributed by atoms with Crippen molar-refractivity contribution in [3.8, 4) is 0 Å². The topological polar surface area (TPSA) is 25.8 Å². The number of hydrogen-bond acceptors (Lipinski definition) is 3. The van der Waals surface area contributed by atoms with E-state index in [9.17, 15) is 0 Å². The van der Waals surface area contributed by atoms with Crippen molar-refractivity contribution in [1.29, 1.82) is 0 Å². The maximum Gasteiger partial charge on any atom is 0.0840 e. The summed E-state index contributed by atoms with van der Waals surface area (Å²) in [4.78, 5) is 10.1. The maximum absolute atomic E-state index is 4.51. The van der Waals surface area contributed by atoms with Gasteiger partial charge in [0.1, 0.15) is 0 Å². The van der Waals surface area contributed by atoms with E-state index in [4.69, 9.17) is 0 Å². The van der Waals surface area contributed by atoms with Crippen molar-refractivity contribution in [2.45, 2.75) is 17.6 Å². The van der Waals surface area contributed by atoms with E-state index in [-0.39, 0.29) is 0 Å². The lowest BCUT2D eigenvalue weighted by Crippen LogP contribution is -1.88. The number of fused-ring (bicyclic) bond motifs is 1. The number of para-hydroxylation sites is 1. The molecule has 0 saturated carbocycles. The van der Waals surface area contributed by atoms with Gasteiger partial charge in [-0.25, -0.2) is 0 Å². The molecule has 2 nitrogen and oxygen atoms in total. The summed E-state index contributed by atoms with van der Waals surface area (Å²) in [7, 11) is 0. The van der Waals surface area contributed by atoms with Gasteiger partial charge in [0.15, 0.2) is 0 Å². The van der Waals surface area contributed by atoms with E-state index in [2.05, 4.69) is 47.2 Å². The molecule has 2 heterocycles. The first-order chi connectivity index (χ1) is 9.34. The fourth-order valence-corrected chi connectivity index (χ4v) is 2.99. The van der Waals surface area contributed by atoms with Crippen molar-refractivity contribution in [2.24, 2.45) is 0 Å². The lowest BCUT2D eigenvalue weighted by Gasteiger charge is -2.06. The molecule has 0 aliphatic carbocycles. The molecule has 1 aromatic carbocycles. The van der Waals surface area contributed by atoms with Crippen molar-refractivity contribution in [1.82, 2.24) is 9.97 Å². The van der Waals surface area contributed by atoms with Crippen LogP contribution >= 0.6 is 11.8 Å². The number of pyridine rings is 2. The van der Waals surface area contributed by atoms with Crippen LogP contribution in [-0.2, 0) is 5.75 Å². The molecule has 0 spiro atoms. The minimum atomic E-state index is 0.871. The van der Waals surface area contributed by atoms with Gasteiger partial charge in [0.25, 0.3) is 0 Å². The highest BCUT2D eigenvalue weighted by atomic mass is 32.2. The molecular formula is C16H14N2S. The predicted octanol–water partition coefficient (Wildman–Crippen LogP) is 4.23. The van der Waals surface area contributed by atoms with E-state index in [0.717, 1.165) is 17.0 Å². The van der Waals surface area contributed by atoms with Crippen LogP contribution in [0.3, 0.4) is 0 Å². The Labute approximate surface area is 116 Å². The minimum Gasteiger partial charge on any atom is -0.260 e. The van der Waals surface area contributed by atoms with Gasteiger partial charge in [-0.3, -0.25) is 9.97 Å². The molecule has 3 aromatic rings. The summed E-state index contributed by atoms with van der Waals surface area (Å²) < 4.78 is 0. The molecule has 0 radical (unpaired) electrons. The Hall–Kier alpha value is -1.87. The van der Waals surface area contributed by atoms with Gasteiger partial charge in [-0.1, -0.05) is 18.2 Å². The average molecular weight is 266 g/mol. The number of aryl methyl sites for hydroxylation is 1. The van der Waals surface area contributed by atoms with Crippen molar-refractivity contribution >= 4 is 22.7 Å². The molecule has 0 unspecified atom stereocenters. The standard InChI is InChI=1S/C16H14N2S/c1-12-8-10-18-16-14(12)6-4-7-15(16)19-11-13-5-2-3-9-17-13/h2-10H,11H2,1H3. The number of rotatable bonds is 3. The number of nitrogens with zero attached hydrogens (tertiary/aromatic N) is 2. The lowest BCUT2D eigenvalue weighted by molar-refractivity contribution is 1.17. The van der Waals surface area contributed by atoms with E-state index in [1.54, 1.807) is 11.8 Å². The second-order valence-electron chi connectivity index (χ2n) is 4.39. The average Bonchev–Trinajstić information content (AvgIpc) is 2.47. The largest absolute Gasteiger partial charge is 0.260 e. The highest BCUT2D eigenvalue weighted by molar-refractivity contribution is 7.98. The zero-order valence-electron chi connectivity index (χ0n) is 10.7. The van der Waals surface area contributed by atoms with Crippen LogP contribution in [0.15, 0.2) is 59.8 Å². The Bertz CT molecular complexity index is 695.